The van der Waals surface area contributed by atoms with Gasteiger partial charge in [-0.1, -0.05) is 13.0 Å². The van der Waals surface area contributed by atoms with Crippen molar-refractivity contribution in [3.05, 3.63) is 23.9 Å². The average Bonchev–Trinajstić information content (AvgIpc) is 2.44. The summed E-state index contributed by atoms with van der Waals surface area (Å²) < 4.78 is 0. The van der Waals surface area contributed by atoms with Crippen LogP contribution in [0, 0.1) is 0 Å². The Bertz CT molecular complexity index is 372. The third kappa shape index (κ3) is 4.18. The zero-order valence-electron chi connectivity index (χ0n) is 12.2. The van der Waals surface area contributed by atoms with Gasteiger partial charge >= 0.3 is 0 Å². The summed E-state index contributed by atoms with van der Waals surface area (Å²) in [6, 6.07) is 4.22. The smallest absolute Gasteiger partial charge is 0.130 e. The highest BCUT2D eigenvalue weighted by Gasteiger charge is 2.17. The minimum Gasteiger partial charge on any atom is -0.370 e. The van der Waals surface area contributed by atoms with E-state index in [9.17, 15) is 0 Å². The SMILES string of the molecule is CCCN1CCN(Cc2cccnc2NCC)CC1. The summed E-state index contributed by atoms with van der Waals surface area (Å²) in [5.74, 6) is 1.04. The van der Waals surface area contributed by atoms with E-state index in [2.05, 4.69) is 40.0 Å². The average molecular weight is 262 g/mol. The molecule has 0 aliphatic carbocycles. The number of pyridine rings is 1. The molecule has 0 bridgehead atoms. The Kier molecular flexibility index (Phi) is 5.61. The number of piperazine rings is 1. The van der Waals surface area contributed by atoms with Gasteiger partial charge in [-0.2, -0.15) is 0 Å². The molecule has 0 atom stereocenters. The second kappa shape index (κ2) is 7.46. The van der Waals surface area contributed by atoms with Crippen LogP contribution in [0.4, 0.5) is 5.82 Å². The van der Waals surface area contributed by atoms with Crippen LogP contribution in [0.15, 0.2) is 18.3 Å². The lowest BCUT2D eigenvalue weighted by Crippen LogP contribution is -2.46. The van der Waals surface area contributed by atoms with Crippen LogP contribution in [-0.2, 0) is 6.54 Å². The maximum atomic E-state index is 4.43. The van der Waals surface area contributed by atoms with Crippen molar-refractivity contribution in [2.24, 2.45) is 0 Å². The maximum absolute atomic E-state index is 4.43. The van der Waals surface area contributed by atoms with E-state index < -0.39 is 0 Å². The van der Waals surface area contributed by atoms with E-state index in [-0.39, 0.29) is 0 Å². The second-order valence-electron chi connectivity index (χ2n) is 5.16. The van der Waals surface area contributed by atoms with E-state index in [1.807, 2.05) is 12.3 Å². The normalized spacial score (nSPS) is 17.6. The first-order valence-corrected chi connectivity index (χ1v) is 7.46. The molecule has 1 N–H and O–H groups in total. The molecule has 19 heavy (non-hydrogen) atoms. The van der Waals surface area contributed by atoms with Gasteiger partial charge in [-0.05, 0) is 26.0 Å². The van der Waals surface area contributed by atoms with Crippen LogP contribution in [0.5, 0.6) is 0 Å². The Morgan fingerprint density at radius 1 is 1.16 bits per heavy atom. The molecule has 1 fully saturated rings. The summed E-state index contributed by atoms with van der Waals surface area (Å²) in [5, 5.41) is 3.35. The quantitative estimate of drug-likeness (QED) is 0.850. The number of hydrogen-bond donors (Lipinski definition) is 1. The predicted molar refractivity (Wildman–Crippen MR) is 80.4 cm³/mol. The lowest BCUT2D eigenvalue weighted by Gasteiger charge is -2.34. The summed E-state index contributed by atoms with van der Waals surface area (Å²) in [5.41, 5.74) is 1.31. The molecule has 1 aliphatic heterocycles. The maximum Gasteiger partial charge on any atom is 0.130 e. The van der Waals surface area contributed by atoms with Crippen LogP contribution < -0.4 is 5.32 Å². The summed E-state index contributed by atoms with van der Waals surface area (Å²) in [7, 11) is 0. The molecule has 0 radical (unpaired) electrons. The Morgan fingerprint density at radius 3 is 2.58 bits per heavy atom. The lowest BCUT2D eigenvalue weighted by molar-refractivity contribution is 0.127. The summed E-state index contributed by atoms with van der Waals surface area (Å²) in [4.78, 5) is 9.52. The standard InChI is InChI=1S/C15H26N4/c1-3-8-18-9-11-19(12-10-18)13-14-6-5-7-17-15(14)16-4-2/h5-7H,3-4,8-13H2,1-2H3,(H,16,17). The molecule has 1 saturated heterocycles. The van der Waals surface area contributed by atoms with Crippen molar-refractivity contribution >= 4 is 5.82 Å². The van der Waals surface area contributed by atoms with Gasteiger partial charge in [-0.3, -0.25) is 4.90 Å². The third-order valence-corrected chi connectivity index (χ3v) is 3.63. The van der Waals surface area contributed by atoms with Gasteiger partial charge in [-0.25, -0.2) is 4.98 Å². The fourth-order valence-electron chi connectivity index (χ4n) is 2.62. The molecule has 0 saturated carbocycles. The first kappa shape index (κ1) is 14.3. The summed E-state index contributed by atoms with van der Waals surface area (Å²) >= 11 is 0. The van der Waals surface area contributed by atoms with Crippen molar-refractivity contribution in [3.63, 3.8) is 0 Å². The number of nitrogens with one attached hydrogen (secondary N) is 1. The van der Waals surface area contributed by atoms with Gasteiger partial charge in [0.2, 0.25) is 0 Å². The van der Waals surface area contributed by atoms with E-state index in [4.69, 9.17) is 0 Å². The van der Waals surface area contributed by atoms with Gasteiger partial charge in [0.15, 0.2) is 0 Å². The van der Waals surface area contributed by atoms with E-state index in [0.29, 0.717) is 0 Å². The number of rotatable bonds is 6. The first-order valence-electron chi connectivity index (χ1n) is 7.46. The molecule has 1 aliphatic rings. The lowest BCUT2D eigenvalue weighted by atomic mass is 10.2. The molecule has 1 aromatic heterocycles. The molecule has 0 aromatic carbocycles. The third-order valence-electron chi connectivity index (χ3n) is 3.63. The van der Waals surface area contributed by atoms with E-state index >= 15 is 0 Å². The molecule has 2 rings (SSSR count). The molecule has 0 amide bonds. The highest BCUT2D eigenvalue weighted by Crippen LogP contribution is 2.15. The van der Waals surface area contributed by atoms with Crippen LogP contribution >= 0.6 is 0 Å². The van der Waals surface area contributed by atoms with Gasteiger partial charge in [0.25, 0.3) is 0 Å². The Morgan fingerprint density at radius 2 is 1.89 bits per heavy atom. The van der Waals surface area contributed by atoms with Gasteiger partial charge < -0.3 is 10.2 Å². The first-order chi connectivity index (χ1) is 9.33. The Balaban J connectivity index is 1.88. The molecular weight excluding hydrogens is 236 g/mol. The van der Waals surface area contributed by atoms with E-state index in [0.717, 1.165) is 18.9 Å². The highest BCUT2D eigenvalue weighted by molar-refractivity contribution is 5.43. The van der Waals surface area contributed by atoms with Crippen molar-refractivity contribution in [2.45, 2.75) is 26.8 Å². The van der Waals surface area contributed by atoms with Crippen LogP contribution in [0.3, 0.4) is 0 Å². The largest absolute Gasteiger partial charge is 0.370 e. The van der Waals surface area contributed by atoms with Crippen LogP contribution in [0.1, 0.15) is 25.8 Å². The van der Waals surface area contributed by atoms with Crippen LogP contribution in [0.25, 0.3) is 0 Å². The minimum absolute atomic E-state index is 0.925. The van der Waals surface area contributed by atoms with E-state index in [1.54, 1.807) is 0 Å². The number of anilines is 1. The van der Waals surface area contributed by atoms with Crippen molar-refractivity contribution in [1.29, 1.82) is 0 Å². The molecule has 106 valence electrons. The van der Waals surface area contributed by atoms with Gasteiger partial charge in [0.05, 0.1) is 0 Å². The second-order valence-corrected chi connectivity index (χ2v) is 5.16. The van der Waals surface area contributed by atoms with Crippen LogP contribution in [0.2, 0.25) is 0 Å². The van der Waals surface area contributed by atoms with Gasteiger partial charge in [0.1, 0.15) is 5.82 Å². The van der Waals surface area contributed by atoms with Gasteiger partial charge in [0, 0.05) is 51.0 Å². The zero-order valence-corrected chi connectivity index (χ0v) is 12.2. The zero-order chi connectivity index (χ0) is 13.5. The number of aromatic nitrogens is 1. The fraction of sp³-hybridized carbons (Fsp3) is 0.667. The summed E-state index contributed by atoms with van der Waals surface area (Å²) in [6.45, 7) is 12.3. The van der Waals surface area contributed by atoms with E-state index in [1.165, 1.54) is 44.7 Å². The highest BCUT2D eigenvalue weighted by atomic mass is 15.3. The molecule has 0 unspecified atom stereocenters. The topological polar surface area (TPSA) is 31.4 Å². The fourth-order valence-corrected chi connectivity index (χ4v) is 2.62. The monoisotopic (exact) mass is 262 g/mol. The molecule has 4 nitrogen and oxygen atoms in total. The summed E-state index contributed by atoms with van der Waals surface area (Å²) in [6.07, 6.45) is 3.12. The number of nitrogens with zero attached hydrogens (tertiary/aromatic N) is 3. The van der Waals surface area contributed by atoms with Crippen molar-refractivity contribution < 1.29 is 0 Å². The van der Waals surface area contributed by atoms with Crippen LogP contribution in [-0.4, -0.2) is 54.1 Å². The van der Waals surface area contributed by atoms with Crippen molar-refractivity contribution in [1.82, 2.24) is 14.8 Å². The molecule has 2 heterocycles. The van der Waals surface area contributed by atoms with Crippen molar-refractivity contribution in [3.8, 4) is 0 Å². The molecule has 4 heteroatoms. The minimum atomic E-state index is 0.925. The molecule has 1 aromatic rings. The molecular formula is C15H26N4. The van der Waals surface area contributed by atoms with Gasteiger partial charge in [-0.15, -0.1) is 0 Å². The Labute approximate surface area is 116 Å². The molecule has 0 spiro atoms. The van der Waals surface area contributed by atoms with Crippen molar-refractivity contribution in [2.75, 3.05) is 44.6 Å². The number of hydrogen-bond acceptors (Lipinski definition) is 4. The predicted octanol–water partition coefficient (Wildman–Crippen LogP) is 2.04. The Hall–Kier alpha value is -1.13.